The van der Waals surface area contributed by atoms with Crippen LogP contribution in [0.1, 0.15) is 38.2 Å². The fourth-order valence-corrected chi connectivity index (χ4v) is 2.24. The van der Waals surface area contributed by atoms with Gasteiger partial charge in [-0.15, -0.1) is 0 Å². The number of hydrogen-bond acceptors (Lipinski definition) is 2. The van der Waals surface area contributed by atoms with Crippen molar-refractivity contribution in [1.29, 1.82) is 0 Å². The summed E-state index contributed by atoms with van der Waals surface area (Å²) in [5.74, 6) is 0.0968. The fraction of sp³-hybridized carbons (Fsp3) is 0.583. The number of aliphatic hydroxyl groups is 1. The monoisotopic (exact) mass is 209 g/mol. The Morgan fingerprint density at radius 1 is 1.47 bits per heavy atom. The van der Waals surface area contributed by atoms with Gasteiger partial charge in [-0.05, 0) is 37.7 Å². The molecule has 1 fully saturated rings. The number of halogens is 1. The summed E-state index contributed by atoms with van der Waals surface area (Å²) in [6.45, 7) is 2.17. The molecule has 0 atom stereocenters. The van der Waals surface area contributed by atoms with Gasteiger partial charge in [-0.2, -0.15) is 4.39 Å². The van der Waals surface area contributed by atoms with Crippen LogP contribution in [0.5, 0.6) is 0 Å². The van der Waals surface area contributed by atoms with E-state index in [1.165, 1.54) is 6.20 Å². The topological polar surface area (TPSA) is 33.1 Å². The molecule has 1 aromatic heterocycles. The van der Waals surface area contributed by atoms with E-state index in [0.717, 1.165) is 12.8 Å². The number of hydrogen-bond donors (Lipinski definition) is 1. The van der Waals surface area contributed by atoms with E-state index in [4.69, 9.17) is 0 Å². The molecular weight excluding hydrogens is 193 g/mol. The Morgan fingerprint density at radius 3 is 2.73 bits per heavy atom. The van der Waals surface area contributed by atoms with Gasteiger partial charge in [-0.1, -0.05) is 13.0 Å². The van der Waals surface area contributed by atoms with Crippen LogP contribution < -0.4 is 0 Å². The zero-order valence-electron chi connectivity index (χ0n) is 8.91. The number of pyridine rings is 1. The predicted octanol–water partition coefficient (Wildman–Crippen LogP) is 2.62. The highest BCUT2D eigenvalue weighted by Crippen LogP contribution is 2.39. The molecule has 0 bridgehead atoms. The van der Waals surface area contributed by atoms with Crippen LogP contribution in [0, 0.1) is 11.9 Å². The molecule has 2 rings (SSSR count). The van der Waals surface area contributed by atoms with E-state index in [9.17, 15) is 9.50 Å². The first-order valence-electron chi connectivity index (χ1n) is 5.45. The minimum Gasteiger partial charge on any atom is -0.385 e. The van der Waals surface area contributed by atoms with Crippen molar-refractivity contribution < 1.29 is 9.50 Å². The van der Waals surface area contributed by atoms with Crippen molar-refractivity contribution in [3.63, 3.8) is 0 Å². The Morgan fingerprint density at radius 2 is 2.13 bits per heavy atom. The van der Waals surface area contributed by atoms with Crippen LogP contribution in [0.2, 0.25) is 0 Å². The zero-order chi connectivity index (χ0) is 10.9. The van der Waals surface area contributed by atoms with Crippen LogP contribution in [0.3, 0.4) is 0 Å². The fourth-order valence-electron chi connectivity index (χ4n) is 2.24. The molecule has 1 saturated carbocycles. The van der Waals surface area contributed by atoms with E-state index in [1.54, 1.807) is 12.1 Å². The maximum absolute atomic E-state index is 13.4. The van der Waals surface area contributed by atoms with Gasteiger partial charge in [0, 0.05) is 11.8 Å². The number of rotatable bonds is 1. The van der Waals surface area contributed by atoms with Crippen molar-refractivity contribution in [2.45, 2.75) is 38.2 Å². The lowest BCUT2D eigenvalue weighted by molar-refractivity contribution is -0.0155. The van der Waals surface area contributed by atoms with E-state index in [0.29, 0.717) is 24.3 Å². The van der Waals surface area contributed by atoms with Crippen LogP contribution in [0.15, 0.2) is 18.3 Å². The van der Waals surface area contributed by atoms with Gasteiger partial charge in [0.1, 0.15) is 0 Å². The molecule has 0 radical (unpaired) electrons. The lowest BCUT2D eigenvalue weighted by atomic mass is 9.76. The quantitative estimate of drug-likeness (QED) is 0.721. The molecule has 1 aliphatic rings. The third-order valence-corrected chi connectivity index (χ3v) is 3.36. The van der Waals surface area contributed by atoms with E-state index >= 15 is 0 Å². The summed E-state index contributed by atoms with van der Waals surface area (Å²) in [6, 6.07) is 3.31. The molecule has 0 spiro atoms. The van der Waals surface area contributed by atoms with E-state index in [-0.39, 0.29) is 0 Å². The van der Waals surface area contributed by atoms with Crippen LogP contribution in [-0.4, -0.2) is 10.1 Å². The molecule has 3 heteroatoms. The largest absolute Gasteiger partial charge is 0.385 e. The standard InChI is InChI=1S/C12H16FNO/c1-9-4-6-12(15,7-5-9)10-3-2-8-14-11(10)13/h2-3,8-9,15H,4-7H2,1H3. The summed E-state index contributed by atoms with van der Waals surface area (Å²) < 4.78 is 13.4. The minimum absolute atomic E-state index is 0.358. The SMILES string of the molecule is CC1CCC(O)(c2cccnc2F)CC1. The first kappa shape index (κ1) is 10.6. The highest BCUT2D eigenvalue weighted by atomic mass is 19.1. The third kappa shape index (κ3) is 2.02. The van der Waals surface area contributed by atoms with Gasteiger partial charge in [0.25, 0.3) is 0 Å². The van der Waals surface area contributed by atoms with Gasteiger partial charge < -0.3 is 5.11 Å². The summed E-state index contributed by atoms with van der Waals surface area (Å²) in [7, 11) is 0. The molecule has 0 saturated heterocycles. The lowest BCUT2D eigenvalue weighted by Crippen LogP contribution is -2.32. The first-order valence-corrected chi connectivity index (χ1v) is 5.45. The zero-order valence-corrected chi connectivity index (χ0v) is 8.91. The Bertz CT molecular complexity index is 345. The Kier molecular flexibility index (Phi) is 2.74. The molecule has 0 aliphatic heterocycles. The first-order chi connectivity index (χ1) is 7.12. The summed E-state index contributed by atoms with van der Waals surface area (Å²) in [6.07, 6.45) is 4.58. The predicted molar refractivity (Wildman–Crippen MR) is 55.7 cm³/mol. The van der Waals surface area contributed by atoms with Crippen molar-refractivity contribution in [1.82, 2.24) is 4.98 Å². The van der Waals surface area contributed by atoms with Crippen LogP contribution >= 0.6 is 0 Å². The van der Waals surface area contributed by atoms with Gasteiger partial charge in [-0.3, -0.25) is 0 Å². The summed E-state index contributed by atoms with van der Waals surface area (Å²) in [4.78, 5) is 3.59. The third-order valence-electron chi connectivity index (χ3n) is 3.36. The molecule has 0 aromatic carbocycles. The maximum Gasteiger partial charge on any atom is 0.218 e. The highest BCUT2D eigenvalue weighted by Gasteiger charge is 2.35. The molecule has 0 unspecified atom stereocenters. The maximum atomic E-state index is 13.4. The smallest absolute Gasteiger partial charge is 0.218 e. The lowest BCUT2D eigenvalue weighted by Gasteiger charge is -2.35. The van der Waals surface area contributed by atoms with Gasteiger partial charge in [-0.25, -0.2) is 4.98 Å². The van der Waals surface area contributed by atoms with Crippen LogP contribution in [-0.2, 0) is 5.60 Å². The molecule has 82 valence electrons. The number of aromatic nitrogens is 1. The molecule has 1 aliphatic carbocycles. The Balaban J connectivity index is 2.26. The summed E-state index contributed by atoms with van der Waals surface area (Å²) in [5.41, 5.74) is -0.637. The summed E-state index contributed by atoms with van der Waals surface area (Å²) >= 11 is 0. The van der Waals surface area contributed by atoms with Crippen molar-refractivity contribution in [3.05, 3.63) is 29.8 Å². The molecular formula is C12H16FNO. The highest BCUT2D eigenvalue weighted by molar-refractivity contribution is 5.20. The van der Waals surface area contributed by atoms with Gasteiger partial charge >= 0.3 is 0 Å². The van der Waals surface area contributed by atoms with Crippen LogP contribution in [0.4, 0.5) is 4.39 Å². The molecule has 15 heavy (non-hydrogen) atoms. The van der Waals surface area contributed by atoms with Crippen molar-refractivity contribution in [2.75, 3.05) is 0 Å². The van der Waals surface area contributed by atoms with E-state index in [1.807, 2.05) is 0 Å². The van der Waals surface area contributed by atoms with Gasteiger partial charge in [0.2, 0.25) is 5.95 Å². The van der Waals surface area contributed by atoms with Crippen molar-refractivity contribution >= 4 is 0 Å². The molecule has 1 heterocycles. The normalized spacial score (nSPS) is 31.5. The molecule has 1 aromatic rings. The molecule has 0 amide bonds. The molecule has 1 N–H and O–H groups in total. The van der Waals surface area contributed by atoms with E-state index < -0.39 is 11.5 Å². The van der Waals surface area contributed by atoms with Gasteiger partial charge in [0.15, 0.2) is 0 Å². The second-order valence-corrected chi connectivity index (χ2v) is 4.56. The van der Waals surface area contributed by atoms with Gasteiger partial charge in [0.05, 0.1) is 5.60 Å². The average Bonchev–Trinajstić information content (AvgIpc) is 2.23. The second-order valence-electron chi connectivity index (χ2n) is 4.56. The van der Waals surface area contributed by atoms with Crippen molar-refractivity contribution in [3.8, 4) is 0 Å². The Labute approximate surface area is 89.2 Å². The minimum atomic E-state index is -0.995. The number of nitrogens with zero attached hydrogens (tertiary/aromatic N) is 1. The molecule has 2 nitrogen and oxygen atoms in total. The van der Waals surface area contributed by atoms with E-state index in [2.05, 4.69) is 11.9 Å². The Hall–Kier alpha value is -0.960. The summed E-state index contributed by atoms with van der Waals surface area (Å²) in [5, 5.41) is 10.4. The van der Waals surface area contributed by atoms with Crippen molar-refractivity contribution in [2.24, 2.45) is 5.92 Å². The van der Waals surface area contributed by atoms with Crippen LogP contribution in [0.25, 0.3) is 0 Å². The average molecular weight is 209 g/mol. The second kappa shape index (κ2) is 3.89.